The standard InChI is InChI=1S/C44H29F51O4/c1-16(96)17-14-18(97-11-5-2-8-21(45,46)24(51,52)27(57,58)30(63,64)33(69,70)36(75,76)39(81,82)42(87,88)89)20(99-13-7-4-10-23(49,50)26(55,56)29(61,62)32(67,68)35(73,74)38(79,80)41(85,86)44(93,94)95)19(15-17)98-12-6-3-9-22(47,48)25(53,54)28(59,60)31(65,66)34(71,72)37(77,78)40(83,84)43(90,91)92/h14-15H,2-13H2,1H3. The molecule has 0 aromatic heterocycles. The second-order valence-corrected chi connectivity index (χ2v) is 20.2. The van der Waals surface area contributed by atoms with Gasteiger partial charge in [-0.2, -0.15) is 224 Å². The Bertz CT molecular complexity index is 2780. The van der Waals surface area contributed by atoms with E-state index in [0.29, 0.717) is 6.92 Å². The highest BCUT2D eigenvalue weighted by atomic mass is 19.5. The maximum atomic E-state index is 14.6. The molecule has 0 saturated heterocycles. The van der Waals surface area contributed by atoms with E-state index in [9.17, 15) is 229 Å². The number of alkyl halides is 51. The van der Waals surface area contributed by atoms with Gasteiger partial charge in [-0.3, -0.25) is 4.79 Å². The van der Waals surface area contributed by atoms with Crippen molar-refractivity contribution < 1.29 is 243 Å². The zero-order valence-corrected chi connectivity index (χ0v) is 46.0. The van der Waals surface area contributed by atoms with Crippen molar-refractivity contribution in [2.45, 2.75) is 208 Å². The Kier molecular flexibility index (Phi) is 24.8. The predicted octanol–water partition coefficient (Wildman–Crippen LogP) is 21.6. The zero-order valence-electron chi connectivity index (χ0n) is 46.0. The van der Waals surface area contributed by atoms with Crippen LogP contribution < -0.4 is 14.2 Å². The number of hydrogen-bond acceptors (Lipinski definition) is 4. The molecule has 1 aromatic rings. The second kappa shape index (κ2) is 26.8. The number of Topliss-reactive ketones (excluding diaryl/α,β-unsaturated/α-hetero) is 1. The van der Waals surface area contributed by atoms with E-state index in [1.54, 1.807) is 0 Å². The Labute approximate surface area is 511 Å². The highest BCUT2D eigenvalue weighted by Crippen LogP contribution is 2.69. The number of carbonyl (C=O) groups is 1. The summed E-state index contributed by atoms with van der Waals surface area (Å²) < 4.78 is 714. The van der Waals surface area contributed by atoms with Crippen molar-refractivity contribution in [3.8, 4) is 17.2 Å². The minimum Gasteiger partial charge on any atom is -0.490 e. The van der Waals surface area contributed by atoms with Crippen molar-refractivity contribution in [1.29, 1.82) is 0 Å². The van der Waals surface area contributed by atoms with Crippen LogP contribution in [0.4, 0.5) is 224 Å². The molecule has 0 aliphatic heterocycles. The van der Waals surface area contributed by atoms with Gasteiger partial charge in [0.25, 0.3) is 0 Å². The average Bonchev–Trinajstić information content (AvgIpc) is 0.708. The van der Waals surface area contributed by atoms with Crippen LogP contribution >= 0.6 is 0 Å². The van der Waals surface area contributed by atoms with Crippen molar-refractivity contribution in [3.63, 3.8) is 0 Å². The van der Waals surface area contributed by atoms with Crippen LogP contribution in [0.15, 0.2) is 12.1 Å². The molecule has 0 amide bonds. The molecule has 0 bridgehead atoms. The van der Waals surface area contributed by atoms with E-state index in [2.05, 4.69) is 0 Å². The normalized spacial score (nSPS) is 16.0. The van der Waals surface area contributed by atoms with E-state index in [1.165, 1.54) is 0 Å². The smallest absolute Gasteiger partial charge is 0.460 e. The minimum atomic E-state index is -9.12. The van der Waals surface area contributed by atoms with E-state index in [-0.39, 0.29) is 12.1 Å². The third kappa shape index (κ3) is 14.3. The third-order valence-corrected chi connectivity index (χ3v) is 13.2. The van der Waals surface area contributed by atoms with Gasteiger partial charge in [-0.15, -0.1) is 0 Å². The number of hydrogen-bond donors (Lipinski definition) is 0. The quantitative estimate of drug-likeness (QED) is 0.0378. The van der Waals surface area contributed by atoms with Gasteiger partial charge in [0, 0.05) is 24.8 Å². The summed E-state index contributed by atoms with van der Waals surface area (Å²) in [5.74, 6) is -186. The Morgan fingerprint density at radius 2 is 0.404 bits per heavy atom. The van der Waals surface area contributed by atoms with Crippen molar-refractivity contribution in [1.82, 2.24) is 0 Å². The fourth-order valence-corrected chi connectivity index (χ4v) is 7.08. The number of carbonyl (C=O) groups excluding carboxylic acids is 1. The number of ketones is 1. The molecule has 0 atom stereocenters. The number of benzene rings is 1. The van der Waals surface area contributed by atoms with Crippen molar-refractivity contribution in [2.24, 2.45) is 0 Å². The Morgan fingerprint density at radius 1 is 0.242 bits per heavy atom. The van der Waals surface area contributed by atoms with Crippen molar-refractivity contribution >= 4 is 5.78 Å². The molecule has 1 aromatic carbocycles. The van der Waals surface area contributed by atoms with E-state index < -0.39 is 249 Å². The fraction of sp³-hybridized carbons (Fsp3) is 0.841. The first kappa shape index (κ1) is 91.7. The molecule has 0 radical (unpaired) electrons. The van der Waals surface area contributed by atoms with Crippen LogP contribution in [0.5, 0.6) is 17.2 Å². The van der Waals surface area contributed by atoms with Crippen LogP contribution in [-0.2, 0) is 0 Å². The van der Waals surface area contributed by atoms with Gasteiger partial charge in [-0.1, -0.05) is 0 Å². The summed E-state index contributed by atoms with van der Waals surface area (Å²) in [6.45, 7) is -4.97. The van der Waals surface area contributed by atoms with Crippen LogP contribution in [0.2, 0.25) is 0 Å². The molecular weight excluding hydrogens is 1560 g/mol. The van der Waals surface area contributed by atoms with Crippen LogP contribution in [0.1, 0.15) is 75.1 Å². The lowest BCUT2D eigenvalue weighted by Gasteiger charge is -2.42. The molecule has 99 heavy (non-hydrogen) atoms. The van der Waals surface area contributed by atoms with Gasteiger partial charge in [0.15, 0.2) is 17.3 Å². The Balaban J connectivity index is 3.87. The largest absolute Gasteiger partial charge is 0.490 e. The van der Waals surface area contributed by atoms with Crippen LogP contribution in [0, 0.1) is 0 Å². The fourth-order valence-electron chi connectivity index (χ4n) is 7.08. The number of halogens is 51. The number of rotatable bonds is 37. The molecule has 0 heterocycles. The molecule has 0 aliphatic carbocycles. The first-order chi connectivity index (χ1) is 42.8. The summed E-state index contributed by atoms with van der Waals surface area (Å²) in [4.78, 5) is 12.3. The van der Waals surface area contributed by atoms with E-state index in [4.69, 9.17) is 14.2 Å². The minimum absolute atomic E-state index is 0.108. The highest BCUT2D eigenvalue weighted by Gasteiger charge is 2.98. The highest BCUT2D eigenvalue weighted by molar-refractivity contribution is 5.95. The maximum absolute atomic E-state index is 14.6. The van der Waals surface area contributed by atoms with Gasteiger partial charge in [-0.05, 0) is 57.6 Å². The van der Waals surface area contributed by atoms with Crippen molar-refractivity contribution in [2.75, 3.05) is 19.8 Å². The zero-order chi connectivity index (χ0) is 79.9. The Hall–Kier alpha value is -5.28. The van der Waals surface area contributed by atoms with Crippen LogP contribution in [0.3, 0.4) is 0 Å². The van der Waals surface area contributed by atoms with Crippen LogP contribution in [0.25, 0.3) is 0 Å². The van der Waals surface area contributed by atoms with Gasteiger partial charge in [0.2, 0.25) is 5.75 Å². The lowest BCUT2D eigenvalue weighted by atomic mass is 9.88. The summed E-state index contributed by atoms with van der Waals surface area (Å²) in [6.07, 6.45) is -45.8. The molecule has 0 unspecified atom stereocenters. The van der Waals surface area contributed by atoms with Crippen molar-refractivity contribution in [3.05, 3.63) is 17.7 Å². The van der Waals surface area contributed by atoms with Gasteiger partial charge in [0.05, 0.1) is 19.8 Å². The number of unbranched alkanes of at least 4 members (excludes halogenated alkanes) is 3. The summed E-state index contributed by atoms with van der Waals surface area (Å²) >= 11 is 0. The molecule has 0 aliphatic rings. The topological polar surface area (TPSA) is 44.8 Å². The first-order valence-electron chi connectivity index (χ1n) is 24.5. The summed E-state index contributed by atoms with van der Waals surface area (Å²) in [7, 11) is 0. The van der Waals surface area contributed by atoms with Gasteiger partial charge in [-0.25, -0.2) is 0 Å². The molecular formula is C44H29F51O4. The molecule has 0 saturated carbocycles. The second-order valence-electron chi connectivity index (χ2n) is 20.2. The first-order valence-corrected chi connectivity index (χ1v) is 24.5. The van der Waals surface area contributed by atoms with Crippen LogP contribution in [-0.4, -0.2) is 169 Å². The SMILES string of the molecule is CC(=O)c1cc(OCCCCC(F)(F)C(F)(F)C(F)(F)C(F)(F)C(F)(F)C(F)(F)C(F)(F)C(F)(F)F)c(OCCCCC(F)(F)C(F)(F)C(F)(F)C(F)(F)C(F)(F)C(F)(F)C(F)(F)C(F)(F)F)c(OCCCCC(F)(F)C(F)(F)C(F)(F)C(F)(F)C(F)(F)C(F)(F)C(F)(F)C(F)(F)F)c1. The molecule has 55 heteroatoms. The van der Waals surface area contributed by atoms with Gasteiger partial charge < -0.3 is 14.2 Å². The summed E-state index contributed by atoms with van der Waals surface area (Å²) in [6, 6.07) is 0.217. The molecule has 1 rings (SSSR count). The third-order valence-electron chi connectivity index (χ3n) is 13.2. The lowest BCUT2D eigenvalue weighted by molar-refractivity contribution is -0.461. The number of ether oxygens (including phenoxy) is 3. The lowest BCUT2D eigenvalue weighted by Crippen LogP contribution is -2.74. The van der Waals surface area contributed by atoms with E-state index in [1.807, 2.05) is 0 Å². The summed E-state index contributed by atoms with van der Waals surface area (Å²) in [5.41, 5.74) is -1.12. The average molecular weight is 1590 g/mol. The van der Waals surface area contributed by atoms with E-state index in [0.717, 1.165) is 0 Å². The van der Waals surface area contributed by atoms with E-state index >= 15 is 0 Å². The maximum Gasteiger partial charge on any atom is 0.460 e. The van der Waals surface area contributed by atoms with Gasteiger partial charge in [0.1, 0.15) is 0 Å². The molecule has 586 valence electrons. The molecule has 0 fully saturated rings. The molecule has 0 spiro atoms. The Morgan fingerprint density at radius 3 is 0.576 bits per heavy atom. The monoisotopic (exact) mass is 1590 g/mol. The molecule has 0 N–H and O–H groups in total. The predicted molar refractivity (Wildman–Crippen MR) is 217 cm³/mol. The van der Waals surface area contributed by atoms with Gasteiger partial charge >= 0.3 is 143 Å². The molecule has 4 nitrogen and oxygen atoms in total. The summed E-state index contributed by atoms with van der Waals surface area (Å²) in [5, 5.41) is 0.